The summed E-state index contributed by atoms with van der Waals surface area (Å²) in [5, 5.41) is 2.83. The molecule has 120 valence electrons. The first-order valence-electron chi connectivity index (χ1n) is 7.68. The standard InChI is InChI=1S/C16H22N2O4/c1-3-17-15(19)18-8-6-16(7-9-18)21-11-12-10-13(20-2)4-5-14(12)22-16/h4-5,10H,3,6-9,11H2,1-2H3,(H,17,19). The van der Waals surface area contributed by atoms with Crippen LogP contribution in [0, 0.1) is 0 Å². The monoisotopic (exact) mass is 306 g/mol. The van der Waals surface area contributed by atoms with E-state index in [1.807, 2.05) is 30.0 Å². The molecule has 0 bridgehead atoms. The number of hydrogen-bond donors (Lipinski definition) is 1. The van der Waals surface area contributed by atoms with Crippen molar-refractivity contribution >= 4 is 6.03 Å². The number of amides is 2. The summed E-state index contributed by atoms with van der Waals surface area (Å²) in [6, 6.07) is 5.74. The van der Waals surface area contributed by atoms with Crippen LogP contribution >= 0.6 is 0 Å². The summed E-state index contributed by atoms with van der Waals surface area (Å²) in [6.07, 6.45) is 1.35. The van der Waals surface area contributed by atoms with Crippen molar-refractivity contribution in [1.29, 1.82) is 0 Å². The van der Waals surface area contributed by atoms with E-state index in [-0.39, 0.29) is 6.03 Å². The molecule has 0 aromatic heterocycles. The fourth-order valence-electron chi connectivity index (χ4n) is 2.89. The van der Waals surface area contributed by atoms with Crippen LogP contribution in [0.15, 0.2) is 18.2 Å². The summed E-state index contributed by atoms with van der Waals surface area (Å²) in [7, 11) is 1.64. The number of piperidine rings is 1. The minimum Gasteiger partial charge on any atom is -0.497 e. The number of ether oxygens (including phenoxy) is 3. The molecule has 2 aliphatic heterocycles. The van der Waals surface area contributed by atoms with Crippen molar-refractivity contribution in [2.45, 2.75) is 32.2 Å². The zero-order valence-electron chi connectivity index (χ0n) is 13.1. The van der Waals surface area contributed by atoms with E-state index >= 15 is 0 Å². The number of methoxy groups -OCH3 is 1. The third-order valence-electron chi connectivity index (χ3n) is 4.19. The van der Waals surface area contributed by atoms with Crippen molar-refractivity contribution in [3.05, 3.63) is 23.8 Å². The Hall–Kier alpha value is -1.95. The van der Waals surface area contributed by atoms with Gasteiger partial charge in [-0.15, -0.1) is 0 Å². The summed E-state index contributed by atoms with van der Waals surface area (Å²) in [6.45, 7) is 4.34. The Morgan fingerprint density at radius 3 is 2.86 bits per heavy atom. The van der Waals surface area contributed by atoms with Crippen LogP contribution in [-0.4, -0.2) is 43.5 Å². The molecule has 0 radical (unpaired) electrons. The molecular formula is C16H22N2O4. The van der Waals surface area contributed by atoms with E-state index < -0.39 is 5.79 Å². The molecule has 0 atom stereocenters. The van der Waals surface area contributed by atoms with Crippen LogP contribution in [0.4, 0.5) is 4.79 Å². The van der Waals surface area contributed by atoms with E-state index in [2.05, 4.69) is 5.32 Å². The van der Waals surface area contributed by atoms with E-state index in [9.17, 15) is 4.79 Å². The van der Waals surface area contributed by atoms with E-state index in [0.717, 1.165) is 17.1 Å². The normalized spacial score (nSPS) is 19.3. The molecule has 2 aliphatic rings. The Morgan fingerprint density at radius 1 is 1.41 bits per heavy atom. The molecule has 2 amide bonds. The molecule has 1 fully saturated rings. The van der Waals surface area contributed by atoms with E-state index in [0.29, 0.717) is 39.1 Å². The molecule has 1 aromatic carbocycles. The first kappa shape index (κ1) is 15.0. The molecule has 6 nitrogen and oxygen atoms in total. The second-order valence-electron chi connectivity index (χ2n) is 5.60. The molecule has 1 spiro atoms. The fraction of sp³-hybridized carbons (Fsp3) is 0.562. The Morgan fingerprint density at radius 2 is 2.18 bits per heavy atom. The number of urea groups is 1. The van der Waals surface area contributed by atoms with Gasteiger partial charge >= 0.3 is 6.03 Å². The number of benzene rings is 1. The van der Waals surface area contributed by atoms with Gasteiger partial charge in [0.1, 0.15) is 11.5 Å². The average Bonchev–Trinajstić information content (AvgIpc) is 2.55. The predicted octanol–water partition coefficient (Wildman–Crippen LogP) is 2.13. The number of nitrogens with zero attached hydrogens (tertiary/aromatic N) is 1. The van der Waals surface area contributed by atoms with Crippen molar-refractivity contribution in [1.82, 2.24) is 10.2 Å². The summed E-state index contributed by atoms with van der Waals surface area (Å²) in [4.78, 5) is 13.7. The summed E-state index contributed by atoms with van der Waals surface area (Å²) in [5.41, 5.74) is 0.996. The van der Waals surface area contributed by atoms with E-state index in [1.54, 1.807) is 7.11 Å². The number of nitrogens with one attached hydrogen (secondary N) is 1. The molecule has 1 saturated heterocycles. The number of fused-ring (bicyclic) bond motifs is 1. The average molecular weight is 306 g/mol. The highest BCUT2D eigenvalue weighted by molar-refractivity contribution is 5.74. The molecule has 1 aromatic rings. The molecule has 6 heteroatoms. The SMILES string of the molecule is CCNC(=O)N1CCC2(CC1)OCc1cc(OC)ccc1O2. The van der Waals surface area contributed by atoms with Gasteiger partial charge in [0.25, 0.3) is 0 Å². The van der Waals surface area contributed by atoms with Crippen LogP contribution in [0.25, 0.3) is 0 Å². The fourth-order valence-corrected chi connectivity index (χ4v) is 2.89. The second kappa shape index (κ2) is 6.04. The molecular weight excluding hydrogens is 284 g/mol. The minimum atomic E-state index is -0.607. The summed E-state index contributed by atoms with van der Waals surface area (Å²) in [5.74, 6) is 1.04. The third kappa shape index (κ3) is 2.83. The van der Waals surface area contributed by atoms with Crippen molar-refractivity contribution in [2.24, 2.45) is 0 Å². The van der Waals surface area contributed by atoms with Crippen LogP contribution in [0.3, 0.4) is 0 Å². The molecule has 3 rings (SSSR count). The highest BCUT2D eigenvalue weighted by Gasteiger charge is 2.41. The van der Waals surface area contributed by atoms with Crippen molar-refractivity contribution in [3.63, 3.8) is 0 Å². The lowest BCUT2D eigenvalue weighted by molar-refractivity contribution is -0.225. The molecule has 0 saturated carbocycles. The first-order chi connectivity index (χ1) is 10.7. The van der Waals surface area contributed by atoms with Gasteiger partial charge in [0.2, 0.25) is 5.79 Å². The van der Waals surface area contributed by atoms with E-state index in [4.69, 9.17) is 14.2 Å². The van der Waals surface area contributed by atoms with E-state index in [1.165, 1.54) is 0 Å². The predicted molar refractivity (Wildman–Crippen MR) is 81.0 cm³/mol. The Bertz CT molecular complexity index is 553. The molecule has 1 N–H and O–H groups in total. The molecule has 2 heterocycles. The first-order valence-corrected chi connectivity index (χ1v) is 7.68. The van der Waals surface area contributed by atoms with Gasteiger partial charge in [-0.25, -0.2) is 4.79 Å². The smallest absolute Gasteiger partial charge is 0.317 e. The van der Waals surface area contributed by atoms with Gasteiger partial charge in [0, 0.05) is 38.0 Å². The maximum Gasteiger partial charge on any atom is 0.317 e. The maximum absolute atomic E-state index is 11.9. The van der Waals surface area contributed by atoms with Gasteiger partial charge in [-0.05, 0) is 25.1 Å². The zero-order valence-corrected chi connectivity index (χ0v) is 13.1. The van der Waals surface area contributed by atoms with Crippen molar-refractivity contribution in [3.8, 4) is 11.5 Å². The van der Waals surface area contributed by atoms with Crippen LogP contribution in [0.2, 0.25) is 0 Å². The highest BCUT2D eigenvalue weighted by Crippen LogP contribution is 2.38. The largest absolute Gasteiger partial charge is 0.497 e. The van der Waals surface area contributed by atoms with Crippen molar-refractivity contribution < 1.29 is 19.0 Å². The Kier molecular flexibility index (Phi) is 4.11. The van der Waals surface area contributed by atoms with Crippen LogP contribution in [0.1, 0.15) is 25.3 Å². The Labute approximate surface area is 130 Å². The van der Waals surface area contributed by atoms with Crippen LogP contribution in [-0.2, 0) is 11.3 Å². The Balaban J connectivity index is 1.66. The lowest BCUT2D eigenvalue weighted by atomic mass is 10.0. The minimum absolute atomic E-state index is 0.0155. The lowest BCUT2D eigenvalue weighted by Gasteiger charge is -2.43. The number of carbonyl (C=O) groups is 1. The van der Waals surface area contributed by atoms with Gasteiger partial charge in [-0.1, -0.05) is 0 Å². The zero-order chi connectivity index (χ0) is 15.6. The van der Waals surface area contributed by atoms with Crippen LogP contribution in [0.5, 0.6) is 11.5 Å². The number of carbonyl (C=O) groups excluding carboxylic acids is 1. The maximum atomic E-state index is 11.9. The molecule has 22 heavy (non-hydrogen) atoms. The number of rotatable bonds is 2. The van der Waals surface area contributed by atoms with Gasteiger partial charge in [0.15, 0.2) is 0 Å². The van der Waals surface area contributed by atoms with Crippen LogP contribution < -0.4 is 14.8 Å². The summed E-state index contributed by atoms with van der Waals surface area (Å²) < 4.78 is 17.3. The summed E-state index contributed by atoms with van der Waals surface area (Å²) >= 11 is 0. The quantitative estimate of drug-likeness (QED) is 0.909. The van der Waals surface area contributed by atoms with Gasteiger partial charge in [-0.2, -0.15) is 0 Å². The number of likely N-dealkylation sites (tertiary alicyclic amines) is 1. The van der Waals surface area contributed by atoms with Gasteiger partial charge < -0.3 is 24.4 Å². The second-order valence-corrected chi connectivity index (χ2v) is 5.60. The van der Waals surface area contributed by atoms with Gasteiger partial charge in [0.05, 0.1) is 13.7 Å². The molecule has 0 unspecified atom stereocenters. The third-order valence-corrected chi connectivity index (χ3v) is 4.19. The topological polar surface area (TPSA) is 60.0 Å². The van der Waals surface area contributed by atoms with Crippen molar-refractivity contribution in [2.75, 3.05) is 26.7 Å². The lowest BCUT2D eigenvalue weighted by Crippen LogP contribution is -2.54. The molecule has 0 aliphatic carbocycles. The highest BCUT2D eigenvalue weighted by atomic mass is 16.7. The van der Waals surface area contributed by atoms with Gasteiger partial charge in [-0.3, -0.25) is 0 Å². The number of hydrogen-bond acceptors (Lipinski definition) is 4.